The molecule has 3 heteroatoms. The van der Waals surface area contributed by atoms with Crippen LogP contribution in [0, 0.1) is 0 Å². The first-order chi connectivity index (χ1) is 5.66. The van der Waals surface area contributed by atoms with Crippen LogP contribution in [0.5, 0.6) is 0 Å². The molecule has 0 saturated heterocycles. The molecule has 0 radical (unpaired) electrons. The number of rotatable bonds is 2. The molecular weight excluding hydrogens is 239 g/mol. The topological polar surface area (TPSA) is 17.1 Å². The lowest BCUT2D eigenvalue weighted by Gasteiger charge is -2.04. The van der Waals surface area contributed by atoms with Crippen molar-refractivity contribution in [3.8, 4) is 0 Å². The molecule has 1 aromatic carbocycles. The van der Waals surface area contributed by atoms with E-state index in [1.807, 2.05) is 18.2 Å². The average molecular weight is 248 g/mol. The van der Waals surface area contributed by atoms with Crippen LogP contribution in [0.1, 0.15) is 22.8 Å². The van der Waals surface area contributed by atoms with E-state index in [2.05, 4.69) is 15.9 Å². The van der Waals surface area contributed by atoms with Crippen molar-refractivity contribution in [1.29, 1.82) is 0 Å². The van der Waals surface area contributed by atoms with Gasteiger partial charge in [-0.05, 0) is 18.6 Å². The van der Waals surface area contributed by atoms with Crippen molar-refractivity contribution in [2.75, 3.05) is 0 Å². The first kappa shape index (κ1) is 9.75. The maximum absolute atomic E-state index is 11.2. The highest BCUT2D eigenvalue weighted by Crippen LogP contribution is 2.22. The minimum Gasteiger partial charge on any atom is -0.294 e. The molecule has 0 spiro atoms. The largest absolute Gasteiger partial charge is 0.294 e. The van der Waals surface area contributed by atoms with E-state index in [1.165, 1.54) is 6.92 Å². The lowest BCUT2D eigenvalue weighted by Crippen LogP contribution is -1.98. The Bertz CT molecular complexity index is 309. The normalized spacial score (nSPS) is 9.92. The molecule has 0 aromatic heterocycles. The van der Waals surface area contributed by atoms with Crippen LogP contribution in [-0.4, -0.2) is 5.78 Å². The van der Waals surface area contributed by atoms with E-state index in [1.54, 1.807) is 0 Å². The summed E-state index contributed by atoms with van der Waals surface area (Å²) in [6.45, 7) is 1.54. The molecule has 1 aromatic rings. The molecule has 0 bridgehead atoms. The SMILES string of the molecule is CC(=O)c1c(Br)cccc1CCl. The third kappa shape index (κ3) is 1.87. The van der Waals surface area contributed by atoms with Gasteiger partial charge in [-0.3, -0.25) is 4.79 Å². The van der Waals surface area contributed by atoms with Crippen molar-refractivity contribution in [2.45, 2.75) is 12.8 Å². The fourth-order valence-corrected chi connectivity index (χ4v) is 1.98. The Labute approximate surface area is 84.9 Å². The number of alkyl halides is 1. The lowest BCUT2D eigenvalue weighted by atomic mass is 10.1. The van der Waals surface area contributed by atoms with Crippen LogP contribution in [0.3, 0.4) is 0 Å². The number of hydrogen-bond acceptors (Lipinski definition) is 1. The molecule has 1 rings (SSSR count). The van der Waals surface area contributed by atoms with Crippen molar-refractivity contribution in [1.82, 2.24) is 0 Å². The number of carbonyl (C=O) groups is 1. The molecule has 0 saturated carbocycles. The maximum Gasteiger partial charge on any atom is 0.161 e. The van der Waals surface area contributed by atoms with Gasteiger partial charge in [0.05, 0.1) is 0 Å². The highest BCUT2D eigenvalue weighted by atomic mass is 79.9. The Morgan fingerprint density at radius 3 is 2.67 bits per heavy atom. The summed E-state index contributed by atoms with van der Waals surface area (Å²) in [5.41, 5.74) is 1.56. The van der Waals surface area contributed by atoms with Crippen LogP contribution in [-0.2, 0) is 5.88 Å². The lowest BCUT2D eigenvalue weighted by molar-refractivity contribution is 0.101. The predicted molar refractivity (Wildman–Crippen MR) is 53.7 cm³/mol. The van der Waals surface area contributed by atoms with Crippen LogP contribution in [0.2, 0.25) is 0 Å². The zero-order valence-electron chi connectivity index (χ0n) is 6.60. The zero-order chi connectivity index (χ0) is 9.14. The van der Waals surface area contributed by atoms with Gasteiger partial charge >= 0.3 is 0 Å². The van der Waals surface area contributed by atoms with Gasteiger partial charge in [0.2, 0.25) is 0 Å². The van der Waals surface area contributed by atoms with Crippen LogP contribution in [0.15, 0.2) is 22.7 Å². The fraction of sp³-hybridized carbons (Fsp3) is 0.222. The Hall–Kier alpha value is -0.340. The summed E-state index contributed by atoms with van der Waals surface area (Å²) in [5.74, 6) is 0.409. The van der Waals surface area contributed by atoms with Crippen molar-refractivity contribution < 1.29 is 4.79 Å². The second-order valence-corrected chi connectivity index (χ2v) is 3.59. The van der Waals surface area contributed by atoms with E-state index in [9.17, 15) is 4.79 Å². The van der Waals surface area contributed by atoms with E-state index >= 15 is 0 Å². The van der Waals surface area contributed by atoms with Gasteiger partial charge < -0.3 is 0 Å². The maximum atomic E-state index is 11.2. The summed E-state index contributed by atoms with van der Waals surface area (Å²) in [6, 6.07) is 5.56. The molecular formula is C9H8BrClO. The van der Waals surface area contributed by atoms with E-state index < -0.39 is 0 Å². The summed E-state index contributed by atoms with van der Waals surface area (Å²) in [5, 5.41) is 0. The molecule has 0 fully saturated rings. The van der Waals surface area contributed by atoms with Crippen LogP contribution < -0.4 is 0 Å². The standard InChI is InChI=1S/C9H8BrClO/c1-6(12)9-7(5-11)3-2-4-8(9)10/h2-4H,5H2,1H3. The number of benzene rings is 1. The van der Waals surface area contributed by atoms with Crippen LogP contribution in [0.4, 0.5) is 0 Å². The highest BCUT2D eigenvalue weighted by Gasteiger charge is 2.09. The fourth-order valence-electron chi connectivity index (χ4n) is 1.07. The van der Waals surface area contributed by atoms with E-state index in [4.69, 9.17) is 11.6 Å². The van der Waals surface area contributed by atoms with Gasteiger partial charge in [0.15, 0.2) is 5.78 Å². The van der Waals surface area contributed by atoms with Crippen molar-refractivity contribution in [3.63, 3.8) is 0 Å². The predicted octanol–water partition coefficient (Wildman–Crippen LogP) is 3.39. The van der Waals surface area contributed by atoms with Gasteiger partial charge in [-0.2, -0.15) is 0 Å². The van der Waals surface area contributed by atoms with Gasteiger partial charge in [-0.25, -0.2) is 0 Å². The van der Waals surface area contributed by atoms with Gasteiger partial charge in [0.25, 0.3) is 0 Å². The third-order valence-corrected chi connectivity index (χ3v) is 2.54. The molecule has 0 atom stereocenters. The molecule has 64 valence electrons. The Morgan fingerprint density at radius 1 is 1.58 bits per heavy atom. The van der Waals surface area contributed by atoms with Gasteiger partial charge in [0, 0.05) is 15.9 Å². The summed E-state index contributed by atoms with van der Waals surface area (Å²) in [6.07, 6.45) is 0. The molecule has 0 aliphatic carbocycles. The zero-order valence-corrected chi connectivity index (χ0v) is 8.95. The molecule has 0 heterocycles. The molecule has 12 heavy (non-hydrogen) atoms. The first-order valence-corrected chi connectivity index (χ1v) is 4.84. The summed E-state index contributed by atoms with van der Waals surface area (Å²) >= 11 is 8.98. The number of carbonyl (C=O) groups excluding carboxylic acids is 1. The van der Waals surface area contributed by atoms with E-state index in [0.717, 1.165) is 10.0 Å². The monoisotopic (exact) mass is 246 g/mol. The van der Waals surface area contributed by atoms with E-state index in [-0.39, 0.29) is 5.78 Å². The second-order valence-electron chi connectivity index (χ2n) is 2.46. The van der Waals surface area contributed by atoms with Crippen LogP contribution in [0.25, 0.3) is 0 Å². The van der Waals surface area contributed by atoms with E-state index in [0.29, 0.717) is 11.4 Å². The molecule has 0 N–H and O–H groups in total. The quantitative estimate of drug-likeness (QED) is 0.578. The average Bonchev–Trinajstić information content (AvgIpc) is 2.03. The van der Waals surface area contributed by atoms with Gasteiger partial charge in [0.1, 0.15) is 0 Å². The number of hydrogen-bond donors (Lipinski definition) is 0. The summed E-state index contributed by atoms with van der Waals surface area (Å²) in [4.78, 5) is 11.2. The minimum absolute atomic E-state index is 0.0399. The molecule has 0 unspecified atom stereocenters. The molecule has 1 nitrogen and oxygen atoms in total. The molecule has 0 amide bonds. The summed E-state index contributed by atoms with van der Waals surface area (Å²) in [7, 11) is 0. The molecule has 0 aliphatic heterocycles. The van der Waals surface area contributed by atoms with Gasteiger partial charge in [-0.15, -0.1) is 11.6 Å². The Morgan fingerprint density at radius 2 is 2.25 bits per heavy atom. The third-order valence-electron chi connectivity index (χ3n) is 1.60. The van der Waals surface area contributed by atoms with Crippen molar-refractivity contribution in [2.24, 2.45) is 0 Å². The first-order valence-electron chi connectivity index (χ1n) is 3.51. The smallest absolute Gasteiger partial charge is 0.161 e. The Kier molecular flexibility index (Phi) is 3.29. The number of ketones is 1. The summed E-state index contributed by atoms with van der Waals surface area (Å²) < 4.78 is 0.813. The van der Waals surface area contributed by atoms with Crippen LogP contribution >= 0.6 is 27.5 Å². The number of Topliss-reactive ketones (excluding diaryl/α,β-unsaturated/α-hetero) is 1. The highest BCUT2D eigenvalue weighted by molar-refractivity contribution is 9.10. The van der Waals surface area contributed by atoms with Gasteiger partial charge in [-0.1, -0.05) is 28.1 Å². The molecule has 0 aliphatic rings. The minimum atomic E-state index is 0.0399. The Balaban J connectivity index is 3.29. The van der Waals surface area contributed by atoms with Crippen molar-refractivity contribution in [3.05, 3.63) is 33.8 Å². The number of halogens is 2. The van der Waals surface area contributed by atoms with Crippen molar-refractivity contribution >= 4 is 33.3 Å². The second kappa shape index (κ2) is 4.06.